The van der Waals surface area contributed by atoms with Gasteiger partial charge >= 0.3 is 19.8 Å². The lowest BCUT2D eigenvalue weighted by atomic mass is 10.1. The number of unbranched alkanes of at least 4 members (excludes halogenated alkanes) is 25. The summed E-state index contributed by atoms with van der Waals surface area (Å²) < 4.78 is 33.1. The summed E-state index contributed by atoms with van der Waals surface area (Å²) in [5, 5.41) is 2.82. The average Bonchev–Trinajstić information content (AvgIpc) is 3.12. The van der Waals surface area contributed by atoms with Gasteiger partial charge in [-0.25, -0.2) is 4.57 Å². The van der Waals surface area contributed by atoms with Crippen molar-refractivity contribution in [1.29, 1.82) is 0 Å². The lowest BCUT2D eigenvalue weighted by Crippen LogP contribution is -2.29. The van der Waals surface area contributed by atoms with E-state index in [1.54, 1.807) is 7.05 Å². The van der Waals surface area contributed by atoms with Gasteiger partial charge in [0.15, 0.2) is 6.10 Å². The number of esters is 2. The van der Waals surface area contributed by atoms with Crippen LogP contribution in [0.2, 0.25) is 0 Å². The lowest BCUT2D eigenvalue weighted by molar-refractivity contribution is -0.161. The maximum Gasteiger partial charge on any atom is 0.472 e. The number of nitrogens with one attached hydrogen (secondary N) is 1. The van der Waals surface area contributed by atoms with Crippen molar-refractivity contribution in [2.45, 2.75) is 213 Å². The van der Waals surface area contributed by atoms with E-state index in [0.717, 1.165) is 38.5 Å². The standard InChI is InChI=1S/C42H82NO8P/c1-4-6-8-10-12-14-16-17-18-19-20-21-22-23-25-27-29-31-33-35-42(45)51-40(39-50-52(46,47)49-37-36-43-3)38-48-41(44)34-32-30-28-26-24-15-13-11-9-7-5-2/h17-18,40,43H,4-16,19-39H2,1-3H3,(H,46,47)/b18-17-. The smallest absolute Gasteiger partial charge is 0.462 e. The summed E-state index contributed by atoms with van der Waals surface area (Å²) in [5.41, 5.74) is 0. The molecule has 0 aliphatic carbocycles. The van der Waals surface area contributed by atoms with E-state index in [9.17, 15) is 19.0 Å². The number of likely N-dealkylation sites (N-methyl/N-ethyl adjacent to an activating group) is 1. The van der Waals surface area contributed by atoms with Crippen LogP contribution in [0.4, 0.5) is 0 Å². The molecule has 2 atom stereocenters. The Bertz CT molecular complexity index is 871. The van der Waals surface area contributed by atoms with E-state index < -0.39 is 26.5 Å². The van der Waals surface area contributed by atoms with Crippen molar-refractivity contribution < 1.29 is 37.6 Å². The summed E-state index contributed by atoms with van der Waals surface area (Å²) in [7, 11) is -2.64. The molecule has 0 fully saturated rings. The number of phosphoric acid groups is 1. The molecular weight excluding hydrogens is 677 g/mol. The zero-order chi connectivity index (χ0) is 38.2. The first-order chi connectivity index (χ1) is 25.3. The van der Waals surface area contributed by atoms with E-state index in [1.165, 1.54) is 135 Å². The number of ether oxygens (including phenoxy) is 2. The van der Waals surface area contributed by atoms with Gasteiger partial charge < -0.3 is 19.7 Å². The fourth-order valence-corrected chi connectivity index (χ4v) is 6.83. The molecule has 10 heteroatoms. The number of carbonyl (C=O) groups excluding carboxylic acids is 2. The first-order valence-electron chi connectivity index (χ1n) is 21.6. The Morgan fingerprint density at radius 1 is 0.577 bits per heavy atom. The monoisotopic (exact) mass is 760 g/mol. The Labute approximate surface area is 320 Å². The molecule has 2 N–H and O–H groups in total. The van der Waals surface area contributed by atoms with E-state index in [1.807, 2.05) is 0 Å². The SMILES string of the molecule is CCCCCCCC/C=C\CCCCCCCCCCCC(=O)OC(COC(=O)CCCCCCCCCCCCC)COP(=O)(O)OCCNC. The molecular formula is C42H82NO8P. The van der Waals surface area contributed by atoms with E-state index in [2.05, 4.69) is 31.3 Å². The van der Waals surface area contributed by atoms with Crippen LogP contribution in [-0.4, -0.2) is 56.3 Å². The summed E-state index contributed by atoms with van der Waals surface area (Å²) >= 11 is 0. The van der Waals surface area contributed by atoms with Crippen molar-refractivity contribution >= 4 is 19.8 Å². The summed E-state index contributed by atoms with van der Waals surface area (Å²) in [6, 6.07) is 0. The summed E-state index contributed by atoms with van der Waals surface area (Å²) in [5.74, 6) is -0.801. The molecule has 0 aromatic carbocycles. The second kappa shape index (κ2) is 39.4. The van der Waals surface area contributed by atoms with Crippen LogP contribution >= 0.6 is 7.82 Å². The largest absolute Gasteiger partial charge is 0.472 e. The highest BCUT2D eigenvalue weighted by Crippen LogP contribution is 2.43. The molecule has 0 amide bonds. The second-order valence-corrected chi connectivity index (χ2v) is 16.0. The maximum atomic E-state index is 12.6. The quantitative estimate of drug-likeness (QED) is 0.0271. The summed E-state index contributed by atoms with van der Waals surface area (Å²) in [6.45, 7) is 4.23. The van der Waals surface area contributed by atoms with Crippen LogP contribution in [0.15, 0.2) is 12.2 Å². The zero-order valence-corrected chi connectivity index (χ0v) is 34.9. The Hall–Kier alpha value is -1.25. The van der Waals surface area contributed by atoms with Gasteiger partial charge in [-0.1, -0.05) is 167 Å². The third-order valence-corrected chi connectivity index (χ3v) is 10.4. The molecule has 9 nitrogen and oxygen atoms in total. The highest BCUT2D eigenvalue weighted by molar-refractivity contribution is 7.47. The molecule has 0 aromatic rings. The van der Waals surface area contributed by atoms with Gasteiger partial charge in [0.2, 0.25) is 0 Å². The summed E-state index contributed by atoms with van der Waals surface area (Å²) in [6.07, 6.45) is 38.2. The van der Waals surface area contributed by atoms with Gasteiger partial charge in [0.25, 0.3) is 0 Å². The van der Waals surface area contributed by atoms with Gasteiger partial charge in [0.05, 0.1) is 13.2 Å². The van der Waals surface area contributed by atoms with Gasteiger partial charge in [-0.05, 0) is 45.6 Å². The fraction of sp³-hybridized carbons (Fsp3) is 0.905. The summed E-state index contributed by atoms with van der Waals surface area (Å²) in [4.78, 5) is 35.0. The average molecular weight is 760 g/mol. The first-order valence-corrected chi connectivity index (χ1v) is 23.1. The number of phosphoric ester groups is 1. The third-order valence-electron chi connectivity index (χ3n) is 9.39. The molecule has 2 unspecified atom stereocenters. The molecule has 0 aromatic heterocycles. The van der Waals surface area contributed by atoms with Crippen molar-refractivity contribution in [1.82, 2.24) is 5.32 Å². The number of hydrogen-bond donors (Lipinski definition) is 2. The van der Waals surface area contributed by atoms with Crippen LogP contribution in [0.1, 0.15) is 206 Å². The van der Waals surface area contributed by atoms with Crippen molar-refractivity contribution in [3.05, 3.63) is 12.2 Å². The van der Waals surface area contributed by atoms with E-state index in [-0.39, 0.29) is 25.6 Å². The molecule has 0 radical (unpaired) electrons. The minimum Gasteiger partial charge on any atom is -0.462 e. The van der Waals surface area contributed by atoms with Crippen molar-refractivity contribution in [2.75, 3.05) is 33.4 Å². The Morgan fingerprint density at radius 2 is 0.981 bits per heavy atom. The van der Waals surface area contributed by atoms with Crippen molar-refractivity contribution in [3.63, 3.8) is 0 Å². The van der Waals surface area contributed by atoms with Crippen LogP contribution in [0.5, 0.6) is 0 Å². The van der Waals surface area contributed by atoms with Crippen LogP contribution in [0, 0.1) is 0 Å². The van der Waals surface area contributed by atoms with Crippen LogP contribution in [0.3, 0.4) is 0 Å². The van der Waals surface area contributed by atoms with Crippen LogP contribution < -0.4 is 5.32 Å². The Kier molecular flexibility index (Phi) is 38.5. The highest BCUT2D eigenvalue weighted by Gasteiger charge is 2.26. The number of hydrogen-bond acceptors (Lipinski definition) is 8. The number of allylic oxidation sites excluding steroid dienone is 2. The molecule has 0 saturated carbocycles. The van der Waals surface area contributed by atoms with Crippen molar-refractivity contribution in [2.24, 2.45) is 0 Å². The number of rotatable bonds is 41. The molecule has 0 saturated heterocycles. The molecule has 52 heavy (non-hydrogen) atoms. The fourth-order valence-electron chi connectivity index (χ4n) is 6.08. The molecule has 0 heterocycles. The molecule has 0 aliphatic heterocycles. The normalized spacial score (nSPS) is 13.4. The first kappa shape index (κ1) is 50.8. The van der Waals surface area contributed by atoms with E-state index in [0.29, 0.717) is 19.4 Å². The topological polar surface area (TPSA) is 120 Å². The van der Waals surface area contributed by atoms with Gasteiger partial charge in [0.1, 0.15) is 6.61 Å². The third kappa shape index (κ3) is 38.5. The zero-order valence-electron chi connectivity index (χ0n) is 34.0. The molecule has 308 valence electrons. The predicted octanol–water partition coefficient (Wildman–Crippen LogP) is 12.1. The van der Waals surface area contributed by atoms with E-state index in [4.69, 9.17) is 18.5 Å². The number of carbonyl (C=O) groups is 2. The Balaban J connectivity index is 4.16. The van der Waals surface area contributed by atoms with Gasteiger partial charge in [-0.15, -0.1) is 0 Å². The van der Waals surface area contributed by atoms with Gasteiger partial charge in [-0.3, -0.25) is 18.6 Å². The lowest BCUT2D eigenvalue weighted by Gasteiger charge is -2.20. The minimum absolute atomic E-state index is 0.0142. The molecule has 0 spiro atoms. The van der Waals surface area contributed by atoms with Crippen LogP contribution in [0.25, 0.3) is 0 Å². The van der Waals surface area contributed by atoms with Gasteiger partial charge in [0, 0.05) is 19.4 Å². The minimum atomic E-state index is -4.34. The molecule has 0 rings (SSSR count). The van der Waals surface area contributed by atoms with Crippen molar-refractivity contribution in [3.8, 4) is 0 Å². The Morgan fingerprint density at radius 3 is 1.42 bits per heavy atom. The van der Waals surface area contributed by atoms with Crippen LogP contribution in [-0.2, 0) is 32.7 Å². The highest BCUT2D eigenvalue weighted by atomic mass is 31.2. The van der Waals surface area contributed by atoms with E-state index >= 15 is 0 Å². The van der Waals surface area contributed by atoms with Gasteiger partial charge in [-0.2, -0.15) is 0 Å². The maximum absolute atomic E-state index is 12.6. The predicted molar refractivity (Wildman–Crippen MR) is 215 cm³/mol. The molecule has 0 bridgehead atoms. The second-order valence-electron chi connectivity index (χ2n) is 14.5. The molecule has 0 aliphatic rings.